The molecule has 0 amide bonds. The fourth-order valence-electron chi connectivity index (χ4n) is 3.03. The van der Waals surface area contributed by atoms with Crippen LogP contribution in [0.4, 0.5) is 0 Å². The van der Waals surface area contributed by atoms with Crippen LogP contribution in [0.25, 0.3) is 0 Å². The molecule has 3 rings (SSSR count). The molecule has 2 fully saturated rings. The molecule has 0 aliphatic carbocycles. The predicted octanol–water partition coefficient (Wildman–Crippen LogP) is 1.77. The molecular formula is C13H23ClN4O. The van der Waals surface area contributed by atoms with Crippen LogP contribution in [0.5, 0.6) is 0 Å². The third kappa shape index (κ3) is 3.68. The molecule has 0 aromatic carbocycles. The van der Waals surface area contributed by atoms with E-state index >= 15 is 0 Å². The number of halogens is 1. The molecule has 3 heterocycles. The number of hydrogen-bond donors (Lipinski definition) is 1. The Balaban J connectivity index is 0.00000133. The van der Waals surface area contributed by atoms with E-state index < -0.39 is 0 Å². The fraction of sp³-hybridized carbons (Fsp3) is 0.846. The van der Waals surface area contributed by atoms with Gasteiger partial charge in [0.1, 0.15) is 0 Å². The lowest BCUT2D eigenvalue weighted by atomic mass is 10.1. The molecule has 0 radical (unpaired) electrons. The maximum absolute atomic E-state index is 5.24. The number of hydrogen-bond acceptors (Lipinski definition) is 5. The van der Waals surface area contributed by atoms with E-state index in [1.54, 1.807) is 0 Å². The quantitative estimate of drug-likeness (QED) is 0.914. The number of rotatable bonds is 4. The van der Waals surface area contributed by atoms with E-state index in [9.17, 15) is 0 Å². The molecule has 108 valence electrons. The molecule has 1 aromatic rings. The molecule has 0 saturated carbocycles. The minimum Gasteiger partial charge on any atom is -0.339 e. The molecule has 2 saturated heterocycles. The lowest BCUT2D eigenvalue weighted by Crippen LogP contribution is -2.35. The number of nitrogens with one attached hydrogen (secondary N) is 1. The summed E-state index contributed by atoms with van der Waals surface area (Å²) in [7, 11) is 0. The lowest BCUT2D eigenvalue weighted by molar-refractivity contribution is 0.241. The van der Waals surface area contributed by atoms with Crippen LogP contribution >= 0.6 is 12.4 Å². The highest BCUT2D eigenvalue weighted by Gasteiger charge is 2.29. The molecule has 6 heteroatoms. The maximum atomic E-state index is 5.24. The second kappa shape index (κ2) is 6.68. The van der Waals surface area contributed by atoms with Crippen molar-refractivity contribution in [3.63, 3.8) is 0 Å². The van der Waals surface area contributed by atoms with E-state index in [0.717, 1.165) is 50.2 Å². The molecule has 5 nitrogen and oxygen atoms in total. The summed E-state index contributed by atoms with van der Waals surface area (Å²) >= 11 is 0. The van der Waals surface area contributed by atoms with Crippen molar-refractivity contribution in [2.45, 2.75) is 57.7 Å². The summed E-state index contributed by atoms with van der Waals surface area (Å²) in [4.78, 5) is 6.90. The van der Waals surface area contributed by atoms with Gasteiger partial charge in [0, 0.05) is 31.6 Å². The van der Waals surface area contributed by atoms with Crippen LogP contribution in [0.3, 0.4) is 0 Å². The zero-order valence-corrected chi connectivity index (χ0v) is 12.3. The topological polar surface area (TPSA) is 54.2 Å². The van der Waals surface area contributed by atoms with Crippen molar-refractivity contribution >= 4 is 12.4 Å². The summed E-state index contributed by atoms with van der Waals surface area (Å²) in [5, 5.41) is 7.76. The van der Waals surface area contributed by atoms with Crippen molar-refractivity contribution in [3.05, 3.63) is 11.7 Å². The van der Waals surface area contributed by atoms with Crippen molar-refractivity contribution in [2.24, 2.45) is 0 Å². The Labute approximate surface area is 120 Å². The van der Waals surface area contributed by atoms with E-state index in [-0.39, 0.29) is 12.4 Å². The van der Waals surface area contributed by atoms with Crippen molar-refractivity contribution in [2.75, 3.05) is 13.1 Å². The standard InChI is InChI=1S/C13H22N4O.ClH/c1-2-3-13-15-12(16-18-13)9-17-7-6-10-4-5-11(8-17)14-10;/h10-11,14H,2-9H2,1H3;1H. The number of fused-ring (bicyclic) bond motifs is 2. The minimum absolute atomic E-state index is 0. The van der Waals surface area contributed by atoms with Crippen LogP contribution in [0.15, 0.2) is 4.52 Å². The van der Waals surface area contributed by atoms with Crippen LogP contribution < -0.4 is 5.32 Å². The largest absolute Gasteiger partial charge is 0.339 e. The Kier molecular flexibility index (Phi) is 5.19. The smallest absolute Gasteiger partial charge is 0.226 e. The van der Waals surface area contributed by atoms with Crippen molar-refractivity contribution in [1.82, 2.24) is 20.4 Å². The number of aryl methyl sites for hydroxylation is 1. The summed E-state index contributed by atoms with van der Waals surface area (Å²) in [6.45, 7) is 5.22. The molecule has 1 N–H and O–H groups in total. The van der Waals surface area contributed by atoms with E-state index in [4.69, 9.17) is 4.52 Å². The molecule has 2 aliphatic heterocycles. The first-order valence-electron chi connectivity index (χ1n) is 7.13. The van der Waals surface area contributed by atoms with Crippen LogP contribution in [-0.2, 0) is 13.0 Å². The molecule has 0 spiro atoms. The van der Waals surface area contributed by atoms with Crippen LogP contribution in [-0.4, -0.2) is 40.2 Å². The lowest BCUT2D eigenvalue weighted by Gasteiger charge is -2.22. The van der Waals surface area contributed by atoms with Gasteiger partial charge in [0.2, 0.25) is 5.89 Å². The molecule has 2 aliphatic rings. The van der Waals surface area contributed by atoms with Gasteiger partial charge in [-0.3, -0.25) is 4.90 Å². The van der Waals surface area contributed by atoms with Gasteiger partial charge in [-0.05, 0) is 25.7 Å². The van der Waals surface area contributed by atoms with Crippen LogP contribution in [0.1, 0.15) is 44.3 Å². The van der Waals surface area contributed by atoms with Crippen molar-refractivity contribution in [3.8, 4) is 0 Å². The number of aromatic nitrogens is 2. The average molecular weight is 287 g/mol. The molecule has 2 atom stereocenters. The molecular weight excluding hydrogens is 264 g/mol. The monoisotopic (exact) mass is 286 g/mol. The Morgan fingerprint density at radius 1 is 1.32 bits per heavy atom. The minimum atomic E-state index is 0. The molecule has 2 unspecified atom stereocenters. The summed E-state index contributed by atoms with van der Waals surface area (Å²) < 4.78 is 5.24. The van der Waals surface area contributed by atoms with Crippen LogP contribution in [0, 0.1) is 0 Å². The van der Waals surface area contributed by atoms with E-state index in [2.05, 4.69) is 27.3 Å². The highest BCUT2D eigenvalue weighted by atomic mass is 35.5. The van der Waals surface area contributed by atoms with Gasteiger partial charge in [0.15, 0.2) is 5.82 Å². The Bertz CT molecular complexity index is 398. The van der Waals surface area contributed by atoms with E-state index in [1.165, 1.54) is 19.3 Å². The van der Waals surface area contributed by atoms with Gasteiger partial charge < -0.3 is 9.84 Å². The van der Waals surface area contributed by atoms with Gasteiger partial charge in [-0.25, -0.2) is 0 Å². The van der Waals surface area contributed by atoms with Crippen molar-refractivity contribution in [1.29, 1.82) is 0 Å². The molecule has 2 bridgehead atoms. The first kappa shape index (κ1) is 14.8. The Morgan fingerprint density at radius 3 is 3.00 bits per heavy atom. The van der Waals surface area contributed by atoms with Gasteiger partial charge >= 0.3 is 0 Å². The van der Waals surface area contributed by atoms with Gasteiger partial charge in [-0.1, -0.05) is 12.1 Å². The highest BCUT2D eigenvalue weighted by molar-refractivity contribution is 5.85. The summed E-state index contributed by atoms with van der Waals surface area (Å²) in [6, 6.07) is 1.40. The second-order valence-corrected chi connectivity index (χ2v) is 5.52. The van der Waals surface area contributed by atoms with E-state index in [1.807, 2.05) is 0 Å². The summed E-state index contributed by atoms with van der Waals surface area (Å²) in [6.07, 6.45) is 5.85. The summed E-state index contributed by atoms with van der Waals surface area (Å²) in [5.74, 6) is 1.62. The SMILES string of the molecule is CCCc1nc(CN2CCC3CCC(C2)N3)no1.Cl. The first-order chi connectivity index (χ1) is 8.83. The van der Waals surface area contributed by atoms with Crippen LogP contribution in [0.2, 0.25) is 0 Å². The third-order valence-electron chi connectivity index (χ3n) is 3.95. The molecule has 1 aromatic heterocycles. The van der Waals surface area contributed by atoms with Gasteiger partial charge in [0.25, 0.3) is 0 Å². The van der Waals surface area contributed by atoms with Gasteiger partial charge in [0.05, 0.1) is 6.54 Å². The predicted molar refractivity (Wildman–Crippen MR) is 75.4 cm³/mol. The normalized spacial score (nSPS) is 27.0. The van der Waals surface area contributed by atoms with Gasteiger partial charge in [-0.2, -0.15) is 4.98 Å². The summed E-state index contributed by atoms with van der Waals surface area (Å²) in [5.41, 5.74) is 0. The number of likely N-dealkylation sites (tertiary alicyclic amines) is 1. The second-order valence-electron chi connectivity index (χ2n) is 5.52. The maximum Gasteiger partial charge on any atom is 0.226 e. The zero-order chi connectivity index (χ0) is 12.4. The zero-order valence-electron chi connectivity index (χ0n) is 11.5. The van der Waals surface area contributed by atoms with E-state index in [0.29, 0.717) is 6.04 Å². The molecule has 19 heavy (non-hydrogen) atoms. The fourth-order valence-corrected chi connectivity index (χ4v) is 3.03. The highest BCUT2D eigenvalue weighted by Crippen LogP contribution is 2.21. The first-order valence-corrected chi connectivity index (χ1v) is 7.13. The Hall–Kier alpha value is -0.650. The van der Waals surface area contributed by atoms with Gasteiger partial charge in [-0.15, -0.1) is 12.4 Å². The van der Waals surface area contributed by atoms with Crippen molar-refractivity contribution < 1.29 is 4.52 Å². The number of nitrogens with zero attached hydrogens (tertiary/aromatic N) is 3. The average Bonchev–Trinajstić information content (AvgIpc) is 2.90. The Morgan fingerprint density at radius 2 is 2.16 bits per heavy atom. The third-order valence-corrected chi connectivity index (χ3v) is 3.95.